The number of hydrogen-bond donors (Lipinski definition) is 2. The number of aromatic nitrogens is 3. The second-order valence-corrected chi connectivity index (χ2v) is 4.53. The van der Waals surface area contributed by atoms with Crippen molar-refractivity contribution in [1.82, 2.24) is 20.2 Å². The summed E-state index contributed by atoms with van der Waals surface area (Å²) in [7, 11) is 0. The van der Waals surface area contributed by atoms with E-state index in [0.29, 0.717) is 0 Å². The highest BCUT2D eigenvalue weighted by Crippen LogP contribution is 2.22. The van der Waals surface area contributed by atoms with Gasteiger partial charge in [0.25, 0.3) is 0 Å². The fraction of sp³-hybridized carbons (Fsp3) is 0.400. The molecule has 0 saturated carbocycles. The smallest absolute Gasteiger partial charge is 0.106 e. The normalized spacial score (nSPS) is 12.9. The van der Waals surface area contributed by atoms with Crippen molar-refractivity contribution in [1.29, 1.82) is 0 Å². The third-order valence-electron chi connectivity index (χ3n) is 2.44. The Morgan fingerprint density at radius 2 is 2.44 bits per heavy atom. The number of rotatable bonds is 4. The molecule has 0 fully saturated rings. The lowest BCUT2D eigenvalue weighted by molar-refractivity contribution is 0.536. The second-order valence-electron chi connectivity index (χ2n) is 3.46. The molecule has 0 aromatic carbocycles. The van der Waals surface area contributed by atoms with E-state index in [1.165, 1.54) is 0 Å². The van der Waals surface area contributed by atoms with Crippen LogP contribution in [0, 0.1) is 6.92 Å². The number of aryl methyl sites for hydroxylation is 2. The summed E-state index contributed by atoms with van der Waals surface area (Å²) in [4.78, 5) is 4.45. The van der Waals surface area contributed by atoms with Crippen molar-refractivity contribution in [2.24, 2.45) is 5.84 Å². The summed E-state index contributed by atoms with van der Waals surface area (Å²) in [5.74, 6) is 5.60. The molecule has 1 unspecified atom stereocenters. The Morgan fingerprint density at radius 3 is 3.00 bits per heavy atom. The highest BCUT2D eigenvalue weighted by molar-refractivity contribution is 7.09. The van der Waals surface area contributed by atoms with Gasteiger partial charge in [-0.3, -0.25) is 10.5 Å². The lowest BCUT2D eigenvalue weighted by Crippen LogP contribution is -2.31. The molecule has 2 aromatic rings. The first-order chi connectivity index (χ1) is 7.76. The molecule has 0 radical (unpaired) electrons. The zero-order valence-corrected chi connectivity index (χ0v) is 10.2. The molecule has 0 aliphatic carbocycles. The third-order valence-corrected chi connectivity index (χ3v) is 3.24. The van der Waals surface area contributed by atoms with Gasteiger partial charge in [-0.1, -0.05) is 0 Å². The molecule has 0 bridgehead atoms. The van der Waals surface area contributed by atoms with Crippen LogP contribution in [-0.4, -0.2) is 14.8 Å². The summed E-state index contributed by atoms with van der Waals surface area (Å²) >= 11 is 1.62. The van der Waals surface area contributed by atoms with E-state index >= 15 is 0 Å². The van der Waals surface area contributed by atoms with Crippen LogP contribution < -0.4 is 11.3 Å². The van der Waals surface area contributed by atoms with Crippen molar-refractivity contribution in [3.63, 3.8) is 0 Å². The Kier molecular flexibility index (Phi) is 3.33. The van der Waals surface area contributed by atoms with Gasteiger partial charge >= 0.3 is 0 Å². The van der Waals surface area contributed by atoms with Crippen molar-refractivity contribution in [2.45, 2.75) is 26.4 Å². The van der Waals surface area contributed by atoms with Crippen LogP contribution in [0.2, 0.25) is 0 Å². The van der Waals surface area contributed by atoms with Crippen molar-refractivity contribution in [3.8, 4) is 0 Å². The molecule has 0 aliphatic heterocycles. The number of thiazole rings is 1. The second kappa shape index (κ2) is 4.73. The molecule has 16 heavy (non-hydrogen) atoms. The van der Waals surface area contributed by atoms with E-state index in [1.807, 2.05) is 23.1 Å². The van der Waals surface area contributed by atoms with Gasteiger partial charge in [0.2, 0.25) is 0 Å². The van der Waals surface area contributed by atoms with Gasteiger partial charge in [-0.05, 0) is 19.9 Å². The van der Waals surface area contributed by atoms with Crippen LogP contribution in [0.5, 0.6) is 0 Å². The lowest BCUT2D eigenvalue weighted by atomic mass is 10.1. The predicted octanol–water partition coefficient (Wildman–Crippen LogP) is 1.22. The lowest BCUT2D eigenvalue weighted by Gasteiger charge is -2.14. The van der Waals surface area contributed by atoms with Crippen LogP contribution in [0.15, 0.2) is 17.6 Å². The summed E-state index contributed by atoms with van der Waals surface area (Å²) in [5, 5.41) is 7.29. The molecule has 1 atom stereocenters. The third kappa shape index (κ3) is 1.99. The van der Waals surface area contributed by atoms with Gasteiger partial charge in [0.1, 0.15) is 6.04 Å². The molecular weight excluding hydrogens is 222 g/mol. The quantitative estimate of drug-likeness (QED) is 0.619. The van der Waals surface area contributed by atoms with E-state index in [-0.39, 0.29) is 6.04 Å². The zero-order valence-electron chi connectivity index (χ0n) is 9.34. The van der Waals surface area contributed by atoms with Gasteiger partial charge in [-0.25, -0.2) is 10.4 Å². The highest BCUT2D eigenvalue weighted by Gasteiger charge is 2.18. The molecule has 2 heterocycles. The zero-order chi connectivity index (χ0) is 11.5. The molecular formula is C10H15N5S. The van der Waals surface area contributed by atoms with E-state index in [2.05, 4.69) is 22.4 Å². The first kappa shape index (κ1) is 11.3. The van der Waals surface area contributed by atoms with Gasteiger partial charge in [0.15, 0.2) is 0 Å². The Labute approximate surface area is 98.3 Å². The van der Waals surface area contributed by atoms with Crippen molar-refractivity contribution in [2.75, 3.05) is 0 Å². The SMILES string of the molecule is CCn1nccc1C(NN)c1csc(C)n1. The van der Waals surface area contributed by atoms with Gasteiger partial charge < -0.3 is 0 Å². The monoisotopic (exact) mass is 237 g/mol. The van der Waals surface area contributed by atoms with E-state index in [1.54, 1.807) is 17.5 Å². The van der Waals surface area contributed by atoms with Crippen LogP contribution in [0.3, 0.4) is 0 Å². The maximum absolute atomic E-state index is 5.60. The largest absolute Gasteiger partial charge is 0.270 e. The summed E-state index contributed by atoms with van der Waals surface area (Å²) in [6.45, 7) is 4.86. The Hall–Kier alpha value is -1.24. The van der Waals surface area contributed by atoms with E-state index in [9.17, 15) is 0 Å². The summed E-state index contributed by atoms with van der Waals surface area (Å²) in [6, 6.07) is 1.87. The fourth-order valence-electron chi connectivity index (χ4n) is 1.69. The van der Waals surface area contributed by atoms with Crippen molar-refractivity contribution in [3.05, 3.63) is 34.0 Å². The highest BCUT2D eigenvalue weighted by atomic mass is 32.1. The Morgan fingerprint density at radius 1 is 1.62 bits per heavy atom. The Bertz CT molecular complexity index is 461. The van der Waals surface area contributed by atoms with Gasteiger partial charge in [0, 0.05) is 18.1 Å². The van der Waals surface area contributed by atoms with Crippen LogP contribution >= 0.6 is 11.3 Å². The molecule has 0 saturated heterocycles. The van der Waals surface area contributed by atoms with Gasteiger partial charge in [-0.15, -0.1) is 11.3 Å². The molecule has 5 nitrogen and oxygen atoms in total. The first-order valence-corrected chi connectivity index (χ1v) is 6.04. The average Bonchev–Trinajstić information content (AvgIpc) is 2.89. The number of nitrogens with zero attached hydrogens (tertiary/aromatic N) is 3. The van der Waals surface area contributed by atoms with Crippen molar-refractivity contribution >= 4 is 11.3 Å². The van der Waals surface area contributed by atoms with E-state index in [0.717, 1.165) is 22.9 Å². The van der Waals surface area contributed by atoms with Crippen LogP contribution in [-0.2, 0) is 6.54 Å². The van der Waals surface area contributed by atoms with E-state index < -0.39 is 0 Å². The minimum atomic E-state index is -0.0904. The Balaban J connectivity index is 2.36. The fourth-order valence-corrected chi connectivity index (χ4v) is 2.33. The minimum absolute atomic E-state index is 0.0904. The number of nitrogens with one attached hydrogen (secondary N) is 1. The van der Waals surface area contributed by atoms with Crippen LogP contribution in [0.1, 0.15) is 29.4 Å². The molecule has 2 rings (SSSR count). The van der Waals surface area contributed by atoms with Crippen LogP contribution in [0.25, 0.3) is 0 Å². The summed E-state index contributed by atoms with van der Waals surface area (Å²) in [5.41, 5.74) is 4.77. The number of hydrogen-bond acceptors (Lipinski definition) is 5. The number of hydrazine groups is 1. The molecule has 0 spiro atoms. The number of nitrogens with two attached hydrogens (primary N) is 1. The summed E-state index contributed by atoms with van der Waals surface area (Å²) < 4.78 is 1.92. The molecule has 3 N–H and O–H groups in total. The van der Waals surface area contributed by atoms with Crippen molar-refractivity contribution < 1.29 is 0 Å². The standard InChI is InChI=1S/C10H15N5S/c1-3-15-9(4-5-12-15)10(14-11)8-6-16-7(2)13-8/h4-6,10,14H,3,11H2,1-2H3. The van der Waals surface area contributed by atoms with Gasteiger partial charge in [-0.2, -0.15) is 5.10 Å². The molecule has 2 aromatic heterocycles. The molecule has 0 amide bonds. The van der Waals surface area contributed by atoms with Gasteiger partial charge in [0.05, 0.1) is 16.4 Å². The van der Waals surface area contributed by atoms with Crippen LogP contribution in [0.4, 0.5) is 0 Å². The minimum Gasteiger partial charge on any atom is -0.270 e. The summed E-state index contributed by atoms with van der Waals surface area (Å²) in [6.07, 6.45) is 1.78. The maximum Gasteiger partial charge on any atom is 0.106 e. The molecule has 6 heteroatoms. The molecule has 86 valence electrons. The maximum atomic E-state index is 5.60. The average molecular weight is 237 g/mol. The predicted molar refractivity (Wildman–Crippen MR) is 63.9 cm³/mol. The first-order valence-electron chi connectivity index (χ1n) is 5.16. The molecule has 0 aliphatic rings. The topological polar surface area (TPSA) is 68.8 Å². The van der Waals surface area contributed by atoms with E-state index in [4.69, 9.17) is 5.84 Å².